The fourth-order valence-electron chi connectivity index (χ4n) is 2.81. The molecule has 3 rings (SSSR count). The van der Waals surface area contributed by atoms with E-state index < -0.39 is 0 Å². The molecule has 2 aliphatic heterocycles. The number of hydrogen-bond donors (Lipinski definition) is 0. The van der Waals surface area contributed by atoms with Crippen molar-refractivity contribution in [3.63, 3.8) is 0 Å². The molecule has 0 amide bonds. The number of piperazine rings is 1. The summed E-state index contributed by atoms with van der Waals surface area (Å²) in [4.78, 5) is 4.98. The quantitative estimate of drug-likeness (QED) is 0.853. The van der Waals surface area contributed by atoms with Crippen molar-refractivity contribution < 1.29 is 9.47 Å². The van der Waals surface area contributed by atoms with E-state index in [9.17, 15) is 0 Å². The van der Waals surface area contributed by atoms with Crippen LogP contribution < -0.4 is 9.47 Å². The highest BCUT2D eigenvalue weighted by Gasteiger charge is 2.20. The second-order valence-corrected chi connectivity index (χ2v) is 5.82. The first-order valence-electron chi connectivity index (χ1n) is 7.29. The SMILES string of the molecule is CCCN1CCN(Cc2cc3c(cc2Cl)OCO3)CC1. The summed E-state index contributed by atoms with van der Waals surface area (Å²) < 4.78 is 10.8. The van der Waals surface area contributed by atoms with E-state index in [1.165, 1.54) is 13.0 Å². The van der Waals surface area contributed by atoms with Gasteiger partial charge in [-0.25, -0.2) is 0 Å². The average molecular weight is 297 g/mol. The number of benzene rings is 1. The van der Waals surface area contributed by atoms with E-state index in [2.05, 4.69) is 16.7 Å². The van der Waals surface area contributed by atoms with Crippen molar-refractivity contribution in [1.29, 1.82) is 0 Å². The predicted octanol–water partition coefficient (Wildman–Crippen LogP) is 2.60. The lowest BCUT2D eigenvalue weighted by atomic mass is 10.1. The molecule has 1 fully saturated rings. The van der Waals surface area contributed by atoms with Gasteiger partial charge in [-0.1, -0.05) is 18.5 Å². The van der Waals surface area contributed by atoms with Crippen LogP contribution in [0.25, 0.3) is 0 Å². The standard InChI is InChI=1S/C15H21ClN2O2/c1-2-3-17-4-6-18(7-5-17)10-12-8-14-15(9-13(12)16)20-11-19-14/h8-9H,2-7,10-11H2,1H3. The molecule has 4 nitrogen and oxygen atoms in total. The maximum Gasteiger partial charge on any atom is 0.231 e. The summed E-state index contributed by atoms with van der Waals surface area (Å²) in [5, 5.41) is 0.769. The van der Waals surface area contributed by atoms with Crippen LogP contribution in [0.2, 0.25) is 5.02 Å². The molecule has 0 saturated carbocycles. The average Bonchev–Trinajstić information content (AvgIpc) is 2.89. The number of hydrogen-bond acceptors (Lipinski definition) is 4. The van der Waals surface area contributed by atoms with E-state index in [4.69, 9.17) is 21.1 Å². The van der Waals surface area contributed by atoms with Gasteiger partial charge in [-0.2, -0.15) is 0 Å². The Kier molecular flexibility index (Phi) is 4.34. The van der Waals surface area contributed by atoms with Gasteiger partial charge in [-0.05, 0) is 24.6 Å². The molecule has 110 valence electrons. The maximum absolute atomic E-state index is 6.33. The number of fused-ring (bicyclic) bond motifs is 1. The Labute approximate surface area is 125 Å². The third-order valence-corrected chi connectivity index (χ3v) is 4.29. The van der Waals surface area contributed by atoms with Gasteiger partial charge in [0.2, 0.25) is 6.79 Å². The van der Waals surface area contributed by atoms with Gasteiger partial charge in [0, 0.05) is 43.8 Å². The van der Waals surface area contributed by atoms with Crippen LogP contribution in [-0.2, 0) is 6.54 Å². The Morgan fingerprint density at radius 2 is 1.70 bits per heavy atom. The molecule has 20 heavy (non-hydrogen) atoms. The molecule has 0 atom stereocenters. The van der Waals surface area contributed by atoms with Crippen LogP contribution in [0.1, 0.15) is 18.9 Å². The van der Waals surface area contributed by atoms with Gasteiger partial charge >= 0.3 is 0 Å². The highest BCUT2D eigenvalue weighted by molar-refractivity contribution is 6.31. The van der Waals surface area contributed by atoms with Gasteiger partial charge < -0.3 is 14.4 Å². The zero-order valence-corrected chi connectivity index (χ0v) is 12.7. The number of nitrogens with zero attached hydrogens (tertiary/aromatic N) is 2. The normalized spacial score (nSPS) is 19.5. The van der Waals surface area contributed by atoms with Crippen molar-refractivity contribution >= 4 is 11.6 Å². The minimum atomic E-state index is 0.296. The third kappa shape index (κ3) is 3.03. The topological polar surface area (TPSA) is 24.9 Å². The van der Waals surface area contributed by atoms with E-state index in [-0.39, 0.29) is 0 Å². The van der Waals surface area contributed by atoms with E-state index in [1.807, 2.05) is 12.1 Å². The molecule has 0 radical (unpaired) electrons. The van der Waals surface area contributed by atoms with Gasteiger partial charge in [-0.15, -0.1) is 0 Å². The lowest BCUT2D eigenvalue weighted by molar-refractivity contribution is 0.127. The predicted molar refractivity (Wildman–Crippen MR) is 79.6 cm³/mol. The van der Waals surface area contributed by atoms with Crippen molar-refractivity contribution in [1.82, 2.24) is 9.80 Å². The smallest absolute Gasteiger partial charge is 0.231 e. The van der Waals surface area contributed by atoms with E-state index in [1.54, 1.807) is 0 Å². The van der Waals surface area contributed by atoms with Gasteiger partial charge in [0.25, 0.3) is 0 Å². The van der Waals surface area contributed by atoms with Crippen LogP contribution >= 0.6 is 11.6 Å². The summed E-state index contributed by atoms with van der Waals surface area (Å²) in [6.07, 6.45) is 1.23. The van der Waals surface area contributed by atoms with Crippen LogP contribution in [0, 0.1) is 0 Å². The molecule has 1 aromatic rings. The van der Waals surface area contributed by atoms with Gasteiger partial charge in [0.05, 0.1) is 0 Å². The fourth-order valence-corrected chi connectivity index (χ4v) is 3.02. The first-order chi connectivity index (χ1) is 9.76. The van der Waals surface area contributed by atoms with Crippen molar-refractivity contribution in [3.8, 4) is 11.5 Å². The second-order valence-electron chi connectivity index (χ2n) is 5.41. The molecule has 0 spiro atoms. The number of rotatable bonds is 4. The van der Waals surface area contributed by atoms with Crippen molar-refractivity contribution in [2.75, 3.05) is 39.5 Å². The molecule has 1 aromatic carbocycles. The summed E-state index contributed by atoms with van der Waals surface area (Å²) in [6, 6.07) is 3.88. The van der Waals surface area contributed by atoms with E-state index >= 15 is 0 Å². The van der Waals surface area contributed by atoms with Gasteiger partial charge in [0.15, 0.2) is 11.5 Å². The first kappa shape index (κ1) is 14.0. The summed E-state index contributed by atoms with van der Waals surface area (Å²) >= 11 is 6.33. The summed E-state index contributed by atoms with van der Waals surface area (Å²) in [7, 11) is 0. The molecular weight excluding hydrogens is 276 g/mol. The molecule has 0 N–H and O–H groups in total. The van der Waals surface area contributed by atoms with Crippen LogP contribution in [0.4, 0.5) is 0 Å². The summed E-state index contributed by atoms with van der Waals surface area (Å²) in [5.41, 5.74) is 1.12. The molecule has 0 aliphatic carbocycles. The second kappa shape index (κ2) is 6.20. The Bertz CT molecular complexity index is 473. The molecule has 2 heterocycles. The minimum Gasteiger partial charge on any atom is -0.454 e. The Balaban J connectivity index is 1.61. The molecular formula is C15H21ClN2O2. The van der Waals surface area contributed by atoms with Crippen LogP contribution in [0.5, 0.6) is 11.5 Å². The fraction of sp³-hybridized carbons (Fsp3) is 0.600. The van der Waals surface area contributed by atoms with Gasteiger partial charge in [0.1, 0.15) is 0 Å². The first-order valence-corrected chi connectivity index (χ1v) is 7.67. The highest BCUT2D eigenvalue weighted by Crippen LogP contribution is 2.37. The summed E-state index contributed by atoms with van der Waals surface area (Å²) in [5.74, 6) is 1.57. The molecule has 0 aromatic heterocycles. The Morgan fingerprint density at radius 3 is 2.40 bits per heavy atom. The van der Waals surface area contributed by atoms with Crippen molar-refractivity contribution in [2.24, 2.45) is 0 Å². The van der Waals surface area contributed by atoms with Gasteiger partial charge in [-0.3, -0.25) is 4.90 Å². The lowest BCUT2D eigenvalue weighted by Crippen LogP contribution is -2.46. The van der Waals surface area contributed by atoms with Crippen LogP contribution in [0.15, 0.2) is 12.1 Å². The molecule has 0 unspecified atom stereocenters. The molecule has 0 bridgehead atoms. The molecule has 1 saturated heterocycles. The lowest BCUT2D eigenvalue weighted by Gasteiger charge is -2.34. The van der Waals surface area contributed by atoms with E-state index in [0.29, 0.717) is 6.79 Å². The third-order valence-electron chi connectivity index (χ3n) is 3.94. The Hall–Kier alpha value is -0.970. The molecule has 2 aliphatic rings. The Morgan fingerprint density at radius 1 is 1.05 bits per heavy atom. The molecule has 5 heteroatoms. The number of halogens is 1. The van der Waals surface area contributed by atoms with Crippen molar-refractivity contribution in [3.05, 3.63) is 22.7 Å². The van der Waals surface area contributed by atoms with Crippen molar-refractivity contribution in [2.45, 2.75) is 19.9 Å². The van der Waals surface area contributed by atoms with Crippen LogP contribution in [0.3, 0.4) is 0 Å². The minimum absolute atomic E-state index is 0.296. The zero-order chi connectivity index (χ0) is 13.9. The largest absolute Gasteiger partial charge is 0.454 e. The highest BCUT2D eigenvalue weighted by atomic mass is 35.5. The maximum atomic E-state index is 6.33. The number of ether oxygens (including phenoxy) is 2. The summed E-state index contributed by atoms with van der Waals surface area (Å²) in [6.45, 7) is 9.12. The zero-order valence-electron chi connectivity index (χ0n) is 11.9. The van der Waals surface area contributed by atoms with E-state index in [0.717, 1.165) is 54.8 Å². The van der Waals surface area contributed by atoms with Crippen LogP contribution in [-0.4, -0.2) is 49.3 Å². The monoisotopic (exact) mass is 296 g/mol.